The number of imidazole rings is 1. The number of hydrogen-bond acceptors (Lipinski definition) is 5. The molecule has 2 heterocycles. The fourth-order valence-electron chi connectivity index (χ4n) is 3.25. The summed E-state index contributed by atoms with van der Waals surface area (Å²) in [4.78, 5) is 29.3. The van der Waals surface area contributed by atoms with Crippen LogP contribution in [0.25, 0.3) is 5.69 Å². The van der Waals surface area contributed by atoms with Crippen molar-refractivity contribution in [2.45, 2.75) is 12.9 Å². The van der Waals surface area contributed by atoms with Crippen molar-refractivity contribution in [3.63, 3.8) is 0 Å². The van der Waals surface area contributed by atoms with E-state index in [2.05, 4.69) is 15.0 Å². The molecule has 11 heteroatoms. The second-order valence-corrected chi connectivity index (χ2v) is 7.14. The lowest BCUT2D eigenvalue weighted by atomic mass is 10.2. The van der Waals surface area contributed by atoms with Gasteiger partial charge in [-0.25, -0.2) is 14.3 Å². The lowest BCUT2D eigenvalue weighted by Crippen LogP contribution is -2.23. The Labute approximate surface area is 190 Å². The number of halogens is 3. The maximum absolute atomic E-state index is 12.8. The van der Waals surface area contributed by atoms with Crippen LogP contribution in [0.2, 0.25) is 0 Å². The minimum absolute atomic E-state index is 0.0470. The van der Waals surface area contributed by atoms with E-state index in [9.17, 15) is 27.9 Å². The van der Waals surface area contributed by atoms with Crippen LogP contribution in [0.15, 0.2) is 83.9 Å². The molecule has 0 aliphatic heterocycles. The zero-order valence-electron chi connectivity index (χ0n) is 17.4. The topological polar surface area (TPSA) is 98.4 Å². The highest BCUT2D eigenvalue weighted by Gasteiger charge is 2.31. The predicted octanol–water partition coefficient (Wildman–Crippen LogP) is 3.94. The molecule has 4 aromatic rings. The number of carbonyl (C=O) groups is 1. The normalized spacial score (nSPS) is 11.3. The number of hydrogen-bond donors (Lipinski definition) is 2. The van der Waals surface area contributed by atoms with Crippen LogP contribution in [-0.4, -0.2) is 31.5 Å². The van der Waals surface area contributed by atoms with Gasteiger partial charge in [0.2, 0.25) is 5.88 Å². The van der Waals surface area contributed by atoms with Crippen molar-refractivity contribution in [3.05, 3.63) is 101 Å². The van der Waals surface area contributed by atoms with Crippen molar-refractivity contribution in [2.75, 3.05) is 5.32 Å². The molecule has 8 nitrogen and oxygen atoms in total. The van der Waals surface area contributed by atoms with E-state index in [1.54, 1.807) is 42.5 Å². The van der Waals surface area contributed by atoms with Crippen LogP contribution >= 0.6 is 0 Å². The third-order valence-electron chi connectivity index (χ3n) is 4.72. The quantitative estimate of drug-likeness (QED) is 0.445. The molecule has 0 saturated heterocycles. The second kappa shape index (κ2) is 9.14. The Hall–Kier alpha value is -4.54. The maximum atomic E-state index is 12.8. The average Bonchev–Trinajstić information content (AvgIpc) is 3.07. The molecule has 0 aliphatic carbocycles. The minimum atomic E-state index is -4.84. The summed E-state index contributed by atoms with van der Waals surface area (Å²) in [5.41, 5.74) is 0.612. The molecule has 0 saturated carbocycles. The van der Waals surface area contributed by atoms with E-state index in [1.165, 1.54) is 29.1 Å². The van der Waals surface area contributed by atoms with Gasteiger partial charge in [0.15, 0.2) is 0 Å². The van der Waals surface area contributed by atoms with E-state index >= 15 is 0 Å². The zero-order chi connectivity index (χ0) is 24.3. The molecular formula is C23H17F3N4O4. The number of amides is 1. The Kier molecular flexibility index (Phi) is 6.09. The highest BCUT2D eigenvalue weighted by molar-refractivity contribution is 6.03. The molecule has 0 unspecified atom stereocenters. The van der Waals surface area contributed by atoms with Gasteiger partial charge in [0.1, 0.15) is 11.6 Å². The molecule has 1 amide bonds. The average molecular weight is 470 g/mol. The number of pyridine rings is 1. The van der Waals surface area contributed by atoms with Crippen LogP contribution in [0.3, 0.4) is 0 Å². The van der Waals surface area contributed by atoms with Gasteiger partial charge in [-0.2, -0.15) is 0 Å². The second-order valence-electron chi connectivity index (χ2n) is 7.14. The van der Waals surface area contributed by atoms with E-state index in [-0.39, 0.29) is 24.0 Å². The Bertz CT molecular complexity index is 1360. The highest BCUT2D eigenvalue weighted by Crippen LogP contribution is 2.24. The molecular weight excluding hydrogens is 453 g/mol. The van der Waals surface area contributed by atoms with Crippen LogP contribution in [-0.2, 0) is 6.54 Å². The number of carbonyl (C=O) groups excluding carboxylic acids is 1. The van der Waals surface area contributed by atoms with E-state index in [1.807, 2.05) is 0 Å². The first kappa shape index (κ1) is 22.6. The summed E-state index contributed by atoms with van der Waals surface area (Å²) in [6.45, 7) is 0.0470. The third-order valence-corrected chi connectivity index (χ3v) is 4.72. The first-order chi connectivity index (χ1) is 16.2. The molecule has 0 atom stereocenters. The van der Waals surface area contributed by atoms with Crippen molar-refractivity contribution in [2.24, 2.45) is 0 Å². The minimum Gasteiger partial charge on any atom is -0.493 e. The van der Waals surface area contributed by atoms with Crippen LogP contribution in [0.1, 0.15) is 15.9 Å². The van der Waals surface area contributed by atoms with Crippen LogP contribution in [0.4, 0.5) is 19.0 Å². The van der Waals surface area contributed by atoms with Gasteiger partial charge in [-0.1, -0.05) is 18.2 Å². The number of anilines is 1. The molecule has 0 aliphatic rings. The first-order valence-electron chi connectivity index (χ1n) is 9.88. The fourth-order valence-corrected chi connectivity index (χ4v) is 3.25. The summed E-state index contributed by atoms with van der Waals surface area (Å²) in [7, 11) is 0. The summed E-state index contributed by atoms with van der Waals surface area (Å²) in [5, 5.41) is 12.9. The van der Waals surface area contributed by atoms with Gasteiger partial charge < -0.3 is 15.2 Å². The standard InChI is InChI=1S/C23H17F3N4O4/c24-23(25,26)34-18-8-6-17(7-9-18)30-20(31)14-29(22(30)33)13-15-10-11-27-19(12-15)28-21(32)16-4-2-1-3-5-16/h1-12,14,31H,13H2,(H,27,28,32). The fraction of sp³-hybridized carbons (Fsp3) is 0.0870. The Balaban J connectivity index is 1.52. The predicted molar refractivity (Wildman–Crippen MR) is 116 cm³/mol. The van der Waals surface area contributed by atoms with Gasteiger partial charge in [0.05, 0.1) is 18.4 Å². The number of benzene rings is 2. The smallest absolute Gasteiger partial charge is 0.493 e. The van der Waals surface area contributed by atoms with Gasteiger partial charge in [0, 0.05) is 11.8 Å². The van der Waals surface area contributed by atoms with E-state index in [4.69, 9.17) is 0 Å². The molecule has 4 rings (SSSR count). The van der Waals surface area contributed by atoms with E-state index in [0.29, 0.717) is 11.1 Å². The Morgan fingerprint density at radius 3 is 2.44 bits per heavy atom. The number of rotatable bonds is 6. The number of nitrogens with zero attached hydrogens (tertiary/aromatic N) is 3. The molecule has 2 N–H and O–H groups in total. The maximum Gasteiger partial charge on any atom is 0.573 e. The SMILES string of the molecule is O=C(Nc1cc(Cn2cc(O)n(-c3ccc(OC(F)(F)F)cc3)c2=O)ccn1)c1ccccc1. The van der Waals surface area contributed by atoms with Crippen molar-refractivity contribution < 1.29 is 27.8 Å². The van der Waals surface area contributed by atoms with Crippen molar-refractivity contribution >= 4 is 11.7 Å². The summed E-state index contributed by atoms with van der Waals surface area (Å²) in [5.74, 6) is -0.918. The Morgan fingerprint density at radius 2 is 1.76 bits per heavy atom. The van der Waals surface area contributed by atoms with Gasteiger partial charge in [-0.3, -0.25) is 9.36 Å². The molecule has 174 valence electrons. The summed E-state index contributed by atoms with van der Waals surface area (Å²) in [6.07, 6.45) is -2.17. The zero-order valence-corrected chi connectivity index (χ0v) is 17.4. The van der Waals surface area contributed by atoms with Gasteiger partial charge in [-0.15, -0.1) is 13.2 Å². The molecule has 2 aromatic heterocycles. The molecule has 0 radical (unpaired) electrons. The molecule has 0 spiro atoms. The van der Waals surface area contributed by atoms with Crippen LogP contribution < -0.4 is 15.7 Å². The van der Waals surface area contributed by atoms with E-state index < -0.39 is 23.7 Å². The molecule has 2 aromatic carbocycles. The summed E-state index contributed by atoms with van der Waals surface area (Å²) in [6, 6.07) is 16.3. The van der Waals surface area contributed by atoms with Crippen LogP contribution in [0, 0.1) is 0 Å². The lowest BCUT2D eigenvalue weighted by molar-refractivity contribution is -0.274. The van der Waals surface area contributed by atoms with Crippen molar-refractivity contribution in [1.82, 2.24) is 14.1 Å². The number of aromatic nitrogens is 3. The molecule has 0 bridgehead atoms. The monoisotopic (exact) mass is 470 g/mol. The lowest BCUT2D eigenvalue weighted by Gasteiger charge is -2.09. The highest BCUT2D eigenvalue weighted by atomic mass is 19.4. The van der Waals surface area contributed by atoms with Crippen molar-refractivity contribution in [3.8, 4) is 17.3 Å². The van der Waals surface area contributed by atoms with Crippen LogP contribution in [0.5, 0.6) is 11.6 Å². The molecule has 34 heavy (non-hydrogen) atoms. The Morgan fingerprint density at radius 1 is 1.06 bits per heavy atom. The largest absolute Gasteiger partial charge is 0.573 e. The van der Waals surface area contributed by atoms with Gasteiger partial charge in [0.25, 0.3) is 5.91 Å². The van der Waals surface area contributed by atoms with Gasteiger partial charge >= 0.3 is 12.1 Å². The first-order valence-corrected chi connectivity index (χ1v) is 9.88. The number of nitrogens with one attached hydrogen (secondary N) is 1. The summed E-state index contributed by atoms with van der Waals surface area (Å²) >= 11 is 0. The number of aromatic hydroxyl groups is 1. The number of ether oxygens (including phenoxy) is 1. The van der Waals surface area contributed by atoms with Crippen molar-refractivity contribution in [1.29, 1.82) is 0 Å². The third kappa shape index (κ3) is 5.26. The van der Waals surface area contributed by atoms with E-state index in [0.717, 1.165) is 16.7 Å². The summed E-state index contributed by atoms with van der Waals surface area (Å²) < 4.78 is 43.0. The van der Waals surface area contributed by atoms with Gasteiger partial charge in [-0.05, 0) is 54.1 Å². The number of alkyl halides is 3. The molecule has 0 fully saturated rings.